The standard InChI is InChI=1S/C13H18N2O4/c1-8(9-5-3-2-4-6-9)15-7-10(12(17)18)11(16)14-13(15)19/h7-9H,2-6H2,1H3,(H,17,18)(H,14,16,19). The predicted molar refractivity (Wildman–Crippen MR) is 69.6 cm³/mol. The maximum Gasteiger partial charge on any atom is 0.342 e. The first-order valence-corrected chi connectivity index (χ1v) is 6.59. The summed E-state index contributed by atoms with van der Waals surface area (Å²) in [5.74, 6) is -0.954. The van der Waals surface area contributed by atoms with Crippen molar-refractivity contribution >= 4 is 5.97 Å². The van der Waals surface area contributed by atoms with E-state index in [2.05, 4.69) is 4.98 Å². The van der Waals surface area contributed by atoms with Crippen LogP contribution in [0.5, 0.6) is 0 Å². The number of nitrogens with one attached hydrogen (secondary N) is 1. The van der Waals surface area contributed by atoms with E-state index in [0.717, 1.165) is 25.7 Å². The van der Waals surface area contributed by atoms with Gasteiger partial charge in [-0.1, -0.05) is 19.3 Å². The van der Waals surface area contributed by atoms with E-state index in [9.17, 15) is 14.4 Å². The van der Waals surface area contributed by atoms with Crippen LogP contribution in [0.15, 0.2) is 15.8 Å². The van der Waals surface area contributed by atoms with Gasteiger partial charge in [-0.3, -0.25) is 14.3 Å². The van der Waals surface area contributed by atoms with Crippen LogP contribution in [0.4, 0.5) is 0 Å². The molecular weight excluding hydrogens is 248 g/mol. The van der Waals surface area contributed by atoms with Gasteiger partial charge in [-0.25, -0.2) is 9.59 Å². The molecule has 6 nitrogen and oxygen atoms in total. The van der Waals surface area contributed by atoms with Crippen molar-refractivity contribution in [3.05, 3.63) is 32.6 Å². The Kier molecular flexibility index (Phi) is 3.87. The monoisotopic (exact) mass is 266 g/mol. The molecule has 1 unspecified atom stereocenters. The molecule has 0 saturated heterocycles. The normalized spacial score (nSPS) is 18.2. The fourth-order valence-electron chi connectivity index (χ4n) is 2.78. The molecule has 1 atom stereocenters. The van der Waals surface area contributed by atoms with Crippen molar-refractivity contribution < 1.29 is 9.90 Å². The molecule has 2 N–H and O–H groups in total. The molecule has 1 saturated carbocycles. The lowest BCUT2D eigenvalue weighted by Gasteiger charge is -2.28. The molecule has 0 spiro atoms. The number of H-pyrrole nitrogens is 1. The number of nitrogens with zero attached hydrogens (tertiary/aromatic N) is 1. The molecule has 1 fully saturated rings. The highest BCUT2D eigenvalue weighted by atomic mass is 16.4. The number of carbonyl (C=O) groups is 1. The molecule has 1 aromatic heterocycles. The predicted octanol–water partition coefficient (Wildman–Crippen LogP) is 1.38. The van der Waals surface area contributed by atoms with E-state index in [0.29, 0.717) is 5.92 Å². The average molecular weight is 266 g/mol. The van der Waals surface area contributed by atoms with Crippen LogP contribution in [0.3, 0.4) is 0 Å². The third-order valence-electron chi connectivity index (χ3n) is 3.97. The number of carboxylic acid groups (broad SMARTS) is 1. The minimum atomic E-state index is -1.31. The molecule has 0 radical (unpaired) electrons. The number of hydrogen-bond acceptors (Lipinski definition) is 3. The van der Waals surface area contributed by atoms with Gasteiger partial charge in [-0.15, -0.1) is 0 Å². The molecule has 104 valence electrons. The van der Waals surface area contributed by atoms with Crippen molar-refractivity contribution in [3.63, 3.8) is 0 Å². The van der Waals surface area contributed by atoms with Crippen molar-refractivity contribution in [2.75, 3.05) is 0 Å². The van der Waals surface area contributed by atoms with Gasteiger partial charge in [-0.2, -0.15) is 0 Å². The van der Waals surface area contributed by atoms with Crippen LogP contribution < -0.4 is 11.2 Å². The highest BCUT2D eigenvalue weighted by Gasteiger charge is 2.23. The highest BCUT2D eigenvalue weighted by molar-refractivity contribution is 5.86. The van der Waals surface area contributed by atoms with Crippen LogP contribution in [0.25, 0.3) is 0 Å². The van der Waals surface area contributed by atoms with E-state index >= 15 is 0 Å². The van der Waals surface area contributed by atoms with Gasteiger partial charge in [0.25, 0.3) is 5.56 Å². The van der Waals surface area contributed by atoms with Crippen LogP contribution >= 0.6 is 0 Å². The van der Waals surface area contributed by atoms with Crippen LogP contribution in [0.1, 0.15) is 55.4 Å². The molecule has 1 aliphatic carbocycles. The molecule has 0 aromatic carbocycles. The first kappa shape index (κ1) is 13.6. The van der Waals surface area contributed by atoms with Gasteiger partial charge in [0.05, 0.1) is 0 Å². The number of aromatic carboxylic acids is 1. The number of carboxylic acids is 1. The lowest BCUT2D eigenvalue weighted by Crippen LogP contribution is -2.36. The minimum absolute atomic E-state index is 0.0947. The molecule has 0 aliphatic heterocycles. The second-order valence-electron chi connectivity index (χ2n) is 5.15. The van der Waals surface area contributed by atoms with Crippen molar-refractivity contribution in [1.82, 2.24) is 9.55 Å². The van der Waals surface area contributed by atoms with Crippen molar-refractivity contribution in [2.24, 2.45) is 5.92 Å². The van der Waals surface area contributed by atoms with Crippen molar-refractivity contribution in [2.45, 2.75) is 45.1 Å². The fourth-order valence-corrected chi connectivity index (χ4v) is 2.78. The third-order valence-corrected chi connectivity index (χ3v) is 3.97. The van der Waals surface area contributed by atoms with Crippen molar-refractivity contribution in [3.8, 4) is 0 Å². The maximum atomic E-state index is 11.8. The zero-order valence-electron chi connectivity index (χ0n) is 10.9. The average Bonchev–Trinajstić information content (AvgIpc) is 2.38. The molecule has 0 amide bonds. The van der Waals surface area contributed by atoms with Gasteiger partial charge >= 0.3 is 11.7 Å². The summed E-state index contributed by atoms with van der Waals surface area (Å²) in [5.41, 5.74) is -1.76. The highest BCUT2D eigenvalue weighted by Crippen LogP contribution is 2.31. The smallest absolute Gasteiger partial charge is 0.342 e. The lowest BCUT2D eigenvalue weighted by molar-refractivity contribution is 0.0693. The van der Waals surface area contributed by atoms with Crippen LogP contribution in [-0.2, 0) is 0 Å². The summed E-state index contributed by atoms with van der Waals surface area (Å²) in [4.78, 5) is 36.2. The van der Waals surface area contributed by atoms with Crippen LogP contribution in [0, 0.1) is 5.92 Å². The summed E-state index contributed by atoms with van der Waals surface area (Å²) >= 11 is 0. The second kappa shape index (κ2) is 5.42. The van der Waals surface area contributed by atoms with Crippen LogP contribution in [-0.4, -0.2) is 20.6 Å². The minimum Gasteiger partial charge on any atom is -0.477 e. The first-order chi connectivity index (χ1) is 9.00. The third kappa shape index (κ3) is 2.77. The summed E-state index contributed by atoms with van der Waals surface area (Å²) in [6.45, 7) is 1.90. The van der Waals surface area contributed by atoms with Gasteiger partial charge in [0.15, 0.2) is 0 Å². The lowest BCUT2D eigenvalue weighted by atomic mass is 9.84. The maximum absolute atomic E-state index is 11.8. The summed E-state index contributed by atoms with van der Waals surface area (Å²) in [5, 5.41) is 8.94. The molecule has 6 heteroatoms. The summed E-state index contributed by atoms with van der Waals surface area (Å²) in [6, 6.07) is -0.0947. The first-order valence-electron chi connectivity index (χ1n) is 6.59. The second-order valence-corrected chi connectivity index (χ2v) is 5.15. The number of aromatic amines is 1. The summed E-state index contributed by atoms with van der Waals surface area (Å²) < 4.78 is 1.35. The van der Waals surface area contributed by atoms with Crippen LogP contribution in [0.2, 0.25) is 0 Å². The van der Waals surface area contributed by atoms with Gasteiger partial charge in [0, 0.05) is 12.2 Å². The zero-order valence-corrected chi connectivity index (χ0v) is 10.9. The zero-order chi connectivity index (χ0) is 14.0. The Morgan fingerprint density at radius 1 is 1.37 bits per heavy atom. The molecule has 19 heavy (non-hydrogen) atoms. The Morgan fingerprint density at radius 2 is 2.00 bits per heavy atom. The molecule has 0 bridgehead atoms. The Bertz CT molecular complexity index is 581. The molecule has 1 aliphatic rings. The largest absolute Gasteiger partial charge is 0.477 e. The van der Waals surface area contributed by atoms with Gasteiger partial charge < -0.3 is 5.11 Å². The molecule has 1 aromatic rings. The number of aromatic nitrogens is 2. The fraction of sp³-hybridized carbons (Fsp3) is 0.615. The van der Waals surface area contributed by atoms with Gasteiger partial charge in [0.1, 0.15) is 5.56 Å². The van der Waals surface area contributed by atoms with Gasteiger partial charge in [-0.05, 0) is 25.7 Å². The van der Waals surface area contributed by atoms with Gasteiger partial charge in [0.2, 0.25) is 0 Å². The topological polar surface area (TPSA) is 92.2 Å². The Labute approximate surface area is 110 Å². The van der Waals surface area contributed by atoms with E-state index in [1.54, 1.807) is 0 Å². The molecule has 1 heterocycles. The van der Waals surface area contributed by atoms with E-state index in [-0.39, 0.29) is 11.6 Å². The molecule has 2 rings (SSSR count). The Balaban J connectivity index is 2.38. The quantitative estimate of drug-likeness (QED) is 0.864. The Hall–Kier alpha value is -1.85. The van der Waals surface area contributed by atoms with E-state index < -0.39 is 17.2 Å². The summed E-state index contributed by atoms with van der Waals surface area (Å²) in [7, 11) is 0. The Morgan fingerprint density at radius 3 is 2.58 bits per heavy atom. The van der Waals surface area contributed by atoms with E-state index in [1.165, 1.54) is 17.2 Å². The number of hydrogen-bond donors (Lipinski definition) is 2. The van der Waals surface area contributed by atoms with Crippen molar-refractivity contribution in [1.29, 1.82) is 0 Å². The number of rotatable bonds is 3. The van der Waals surface area contributed by atoms with E-state index in [4.69, 9.17) is 5.11 Å². The molecular formula is C13H18N2O4. The SMILES string of the molecule is CC(C1CCCCC1)n1cc(C(=O)O)c(=O)[nH]c1=O. The van der Waals surface area contributed by atoms with E-state index in [1.807, 2.05) is 6.92 Å². The summed E-state index contributed by atoms with van der Waals surface area (Å²) in [6.07, 6.45) is 6.73.